The van der Waals surface area contributed by atoms with Crippen molar-refractivity contribution in [3.05, 3.63) is 65.2 Å². The molecule has 0 bridgehead atoms. The second-order valence-corrected chi connectivity index (χ2v) is 8.97. The van der Waals surface area contributed by atoms with Gasteiger partial charge in [0.05, 0.1) is 0 Å². The van der Waals surface area contributed by atoms with Gasteiger partial charge < -0.3 is 4.74 Å². The van der Waals surface area contributed by atoms with Crippen molar-refractivity contribution < 1.29 is 9.53 Å². The second-order valence-electron chi connectivity index (χ2n) is 8.97. The van der Waals surface area contributed by atoms with Crippen LogP contribution in [0.4, 0.5) is 0 Å². The molecule has 0 radical (unpaired) electrons. The van der Waals surface area contributed by atoms with Crippen molar-refractivity contribution in [2.75, 3.05) is 26.2 Å². The highest BCUT2D eigenvalue weighted by atomic mass is 16.5. The number of rotatable bonds is 7. The van der Waals surface area contributed by atoms with E-state index in [1.165, 1.54) is 5.56 Å². The van der Waals surface area contributed by atoms with Gasteiger partial charge in [-0.2, -0.15) is 0 Å². The molecule has 0 spiro atoms. The van der Waals surface area contributed by atoms with Gasteiger partial charge in [-0.1, -0.05) is 76.2 Å². The largest absolute Gasteiger partial charge is 0.425 e. The monoisotopic (exact) mass is 408 g/mol. The highest BCUT2D eigenvalue weighted by molar-refractivity contribution is 5.78. The van der Waals surface area contributed by atoms with Gasteiger partial charge in [-0.3, -0.25) is 9.80 Å². The molecule has 1 heterocycles. The van der Waals surface area contributed by atoms with Gasteiger partial charge >= 0.3 is 5.97 Å². The molecule has 0 aliphatic carbocycles. The summed E-state index contributed by atoms with van der Waals surface area (Å²) in [6, 6.07) is 16.5. The van der Waals surface area contributed by atoms with Crippen LogP contribution in [0.2, 0.25) is 0 Å². The Kier molecular flexibility index (Phi) is 7.68. The number of ether oxygens (including phenoxy) is 1. The van der Waals surface area contributed by atoms with Crippen LogP contribution in [-0.2, 0) is 11.3 Å². The lowest BCUT2D eigenvalue weighted by Gasteiger charge is -2.37. The molecule has 0 saturated carbocycles. The molecule has 1 saturated heterocycles. The van der Waals surface area contributed by atoms with E-state index in [0.29, 0.717) is 11.8 Å². The molecule has 2 aromatic carbocycles. The van der Waals surface area contributed by atoms with E-state index in [4.69, 9.17) is 4.74 Å². The summed E-state index contributed by atoms with van der Waals surface area (Å²) in [7, 11) is 0. The number of benzene rings is 2. The van der Waals surface area contributed by atoms with E-state index in [-0.39, 0.29) is 12.0 Å². The molecule has 0 N–H and O–H groups in total. The summed E-state index contributed by atoms with van der Waals surface area (Å²) in [6.07, 6.45) is 0. The topological polar surface area (TPSA) is 32.8 Å². The average Bonchev–Trinajstić information content (AvgIpc) is 2.74. The number of carbonyl (C=O) groups is 1. The van der Waals surface area contributed by atoms with E-state index in [1.54, 1.807) is 0 Å². The number of hydrogen-bond acceptors (Lipinski definition) is 4. The highest BCUT2D eigenvalue weighted by Crippen LogP contribution is 2.34. The molecule has 4 heteroatoms. The highest BCUT2D eigenvalue weighted by Gasteiger charge is 2.28. The lowest BCUT2D eigenvalue weighted by atomic mass is 9.94. The van der Waals surface area contributed by atoms with Crippen molar-refractivity contribution in [2.45, 2.75) is 59.0 Å². The third-order valence-corrected chi connectivity index (χ3v) is 6.07. The Hall–Kier alpha value is -2.17. The number of carbonyl (C=O) groups excluding carboxylic acids is 1. The third-order valence-electron chi connectivity index (χ3n) is 6.07. The Morgan fingerprint density at radius 2 is 1.40 bits per heavy atom. The summed E-state index contributed by atoms with van der Waals surface area (Å²) in [5.74, 6) is 1.23. The van der Waals surface area contributed by atoms with Crippen molar-refractivity contribution >= 4 is 5.97 Å². The SMILES string of the molecule is CC(C)c1cccc(C(C)C)c1OC(=O)C(C)N1CCN(Cc2ccccc2)CC1. The van der Waals surface area contributed by atoms with Gasteiger partial charge in [0.2, 0.25) is 0 Å². The van der Waals surface area contributed by atoms with Gasteiger partial charge in [-0.15, -0.1) is 0 Å². The zero-order valence-electron chi connectivity index (χ0n) is 19.1. The fourth-order valence-corrected chi connectivity index (χ4v) is 4.09. The molecule has 1 aliphatic heterocycles. The molecule has 0 amide bonds. The number of nitrogens with zero attached hydrogens (tertiary/aromatic N) is 2. The molecular formula is C26H36N2O2. The van der Waals surface area contributed by atoms with Crippen molar-refractivity contribution in [1.29, 1.82) is 0 Å². The lowest BCUT2D eigenvalue weighted by molar-refractivity contribution is -0.140. The Morgan fingerprint density at radius 1 is 0.833 bits per heavy atom. The van der Waals surface area contributed by atoms with Crippen LogP contribution in [0.3, 0.4) is 0 Å². The molecule has 4 nitrogen and oxygen atoms in total. The molecule has 0 aromatic heterocycles. The van der Waals surface area contributed by atoms with E-state index in [9.17, 15) is 4.79 Å². The van der Waals surface area contributed by atoms with E-state index >= 15 is 0 Å². The summed E-state index contributed by atoms with van der Waals surface area (Å²) in [5, 5.41) is 0. The van der Waals surface area contributed by atoms with Crippen LogP contribution in [0.5, 0.6) is 5.75 Å². The van der Waals surface area contributed by atoms with Crippen LogP contribution < -0.4 is 4.74 Å². The minimum absolute atomic E-state index is 0.151. The normalized spacial score (nSPS) is 16.8. The lowest BCUT2D eigenvalue weighted by Crippen LogP contribution is -2.52. The molecule has 1 atom stereocenters. The third kappa shape index (κ3) is 5.50. The molecule has 162 valence electrons. The summed E-state index contributed by atoms with van der Waals surface area (Å²) in [6.45, 7) is 15.2. The molecule has 1 aliphatic rings. The number of esters is 1. The summed E-state index contributed by atoms with van der Waals surface area (Å²) in [4.78, 5) is 17.8. The van der Waals surface area contributed by atoms with Crippen molar-refractivity contribution in [3.63, 3.8) is 0 Å². The number of piperazine rings is 1. The minimum Gasteiger partial charge on any atom is -0.425 e. The van der Waals surface area contributed by atoms with Crippen LogP contribution in [0.25, 0.3) is 0 Å². The Balaban J connectivity index is 1.62. The van der Waals surface area contributed by atoms with E-state index in [0.717, 1.165) is 49.6 Å². The molecule has 1 fully saturated rings. The predicted octanol–water partition coefficient (Wildman–Crippen LogP) is 5.05. The first-order chi connectivity index (χ1) is 14.4. The van der Waals surface area contributed by atoms with E-state index in [2.05, 4.69) is 86.0 Å². The van der Waals surface area contributed by atoms with Crippen LogP contribution in [0.1, 0.15) is 63.1 Å². The zero-order chi connectivity index (χ0) is 21.7. The maximum atomic E-state index is 13.1. The smallest absolute Gasteiger partial charge is 0.328 e. The van der Waals surface area contributed by atoms with Crippen LogP contribution in [0, 0.1) is 0 Å². The fraction of sp³-hybridized carbons (Fsp3) is 0.500. The van der Waals surface area contributed by atoms with Gasteiger partial charge in [-0.05, 0) is 35.4 Å². The van der Waals surface area contributed by atoms with Crippen molar-refractivity contribution in [1.82, 2.24) is 9.80 Å². The minimum atomic E-state index is -0.246. The molecule has 3 rings (SSSR count). The Labute approximate surface area is 181 Å². The van der Waals surface area contributed by atoms with Gasteiger partial charge in [-0.25, -0.2) is 4.79 Å². The van der Waals surface area contributed by atoms with Gasteiger partial charge in [0.15, 0.2) is 0 Å². The maximum absolute atomic E-state index is 13.1. The zero-order valence-corrected chi connectivity index (χ0v) is 19.1. The standard InChI is InChI=1S/C26H36N2O2/c1-19(2)23-12-9-13-24(20(3)4)25(23)30-26(29)21(5)28-16-14-27(15-17-28)18-22-10-7-6-8-11-22/h6-13,19-21H,14-18H2,1-5H3. The summed E-state index contributed by atoms with van der Waals surface area (Å²) < 4.78 is 6.04. The first kappa shape index (κ1) is 22.5. The summed E-state index contributed by atoms with van der Waals surface area (Å²) >= 11 is 0. The van der Waals surface area contributed by atoms with Crippen LogP contribution >= 0.6 is 0 Å². The van der Waals surface area contributed by atoms with Gasteiger partial charge in [0, 0.05) is 32.7 Å². The quantitative estimate of drug-likeness (QED) is 0.474. The van der Waals surface area contributed by atoms with Crippen molar-refractivity contribution in [2.24, 2.45) is 0 Å². The molecule has 2 aromatic rings. The Morgan fingerprint density at radius 3 is 1.93 bits per heavy atom. The van der Waals surface area contributed by atoms with Crippen LogP contribution in [-0.4, -0.2) is 48.0 Å². The number of para-hydroxylation sites is 1. The second kappa shape index (κ2) is 10.2. The van der Waals surface area contributed by atoms with Gasteiger partial charge in [0.1, 0.15) is 11.8 Å². The van der Waals surface area contributed by atoms with Crippen LogP contribution in [0.15, 0.2) is 48.5 Å². The van der Waals surface area contributed by atoms with Gasteiger partial charge in [0.25, 0.3) is 0 Å². The first-order valence-corrected chi connectivity index (χ1v) is 11.2. The molecule has 30 heavy (non-hydrogen) atoms. The molecule has 1 unspecified atom stereocenters. The number of hydrogen-bond donors (Lipinski definition) is 0. The average molecular weight is 409 g/mol. The first-order valence-electron chi connectivity index (χ1n) is 11.2. The Bertz CT molecular complexity index is 798. The van der Waals surface area contributed by atoms with E-state index in [1.807, 2.05) is 6.92 Å². The van der Waals surface area contributed by atoms with Crippen molar-refractivity contribution in [3.8, 4) is 5.75 Å². The maximum Gasteiger partial charge on any atom is 0.328 e. The van der Waals surface area contributed by atoms with E-state index < -0.39 is 0 Å². The predicted molar refractivity (Wildman–Crippen MR) is 123 cm³/mol. The molecular weight excluding hydrogens is 372 g/mol. The summed E-state index contributed by atoms with van der Waals surface area (Å²) in [5.41, 5.74) is 3.55. The fourth-order valence-electron chi connectivity index (χ4n) is 4.09.